The third-order valence-electron chi connectivity index (χ3n) is 2.28. The first-order chi connectivity index (χ1) is 8.52. The second-order valence-electron chi connectivity index (χ2n) is 3.41. The second kappa shape index (κ2) is 5.50. The van der Waals surface area contributed by atoms with Crippen molar-refractivity contribution in [3.05, 3.63) is 48.8 Å². The molecule has 2 aromatic rings. The fourth-order valence-electron chi connectivity index (χ4n) is 1.40. The van der Waals surface area contributed by atoms with E-state index in [2.05, 4.69) is 31.9 Å². The Morgan fingerprint density at radius 2 is 2.06 bits per heavy atom. The molecule has 6 heteroatoms. The minimum atomic E-state index is -0.484. The maximum atomic E-state index is 13.3. The number of methoxy groups -OCH3 is 1. The number of carbonyl (C=O) groups excluding carboxylic acids is 1. The van der Waals surface area contributed by atoms with E-state index < -0.39 is 5.82 Å². The van der Waals surface area contributed by atoms with Crippen LogP contribution in [-0.2, 0) is 0 Å². The molecule has 0 radical (unpaired) electrons. The monoisotopic (exact) mass is 392 g/mol. The Morgan fingerprint density at radius 1 is 1.33 bits per heavy atom. The van der Waals surface area contributed by atoms with Crippen LogP contribution in [0.3, 0.4) is 0 Å². The average Bonchev–Trinajstić information content (AvgIpc) is 2.69. The van der Waals surface area contributed by atoms with Crippen molar-refractivity contribution in [1.82, 2.24) is 0 Å². The van der Waals surface area contributed by atoms with Crippen molar-refractivity contribution in [3.63, 3.8) is 0 Å². The summed E-state index contributed by atoms with van der Waals surface area (Å²) in [5, 5.41) is 0. The van der Waals surface area contributed by atoms with Crippen LogP contribution < -0.4 is 4.74 Å². The number of thiophene rings is 1. The van der Waals surface area contributed by atoms with Crippen LogP contribution in [0.15, 0.2) is 32.5 Å². The van der Waals surface area contributed by atoms with Gasteiger partial charge >= 0.3 is 0 Å². The first-order valence-electron chi connectivity index (χ1n) is 4.86. The van der Waals surface area contributed by atoms with Crippen LogP contribution in [-0.4, -0.2) is 12.9 Å². The van der Waals surface area contributed by atoms with Crippen LogP contribution >= 0.6 is 43.2 Å². The van der Waals surface area contributed by atoms with Crippen molar-refractivity contribution in [2.24, 2.45) is 0 Å². The molecule has 0 N–H and O–H groups in total. The number of hydrogen-bond donors (Lipinski definition) is 0. The van der Waals surface area contributed by atoms with E-state index in [-0.39, 0.29) is 11.5 Å². The van der Waals surface area contributed by atoms with E-state index in [1.807, 2.05) is 0 Å². The minimum absolute atomic E-state index is 0.0653. The summed E-state index contributed by atoms with van der Waals surface area (Å²) >= 11 is 7.98. The molecule has 0 unspecified atom stereocenters. The SMILES string of the molecule is COc1cc(C(=O)c2cc(Br)c(Br)s2)ccc1F. The summed E-state index contributed by atoms with van der Waals surface area (Å²) in [6.07, 6.45) is 0. The topological polar surface area (TPSA) is 26.3 Å². The highest BCUT2D eigenvalue weighted by Crippen LogP contribution is 2.34. The van der Waals surface area contributed by atoms with Crippen molar-refractivity contribution in [2.45, 2.75) is 0 Å². The molecule has 1 aromatic carbocycles. The van der Waals surface area contributed by atoms with E-state index >= 15 is 0 Å². The normalized spacial score (nSPS) is 10.4. The molecule has 18 heavy (non-hydrogen) atoms. The molecule has 0 bridgehead atoms. The Labute approximate surface area is 124 Å². The largest absolute Gasteiger partial charge is 0.494 e. The Kier molecular flexibility index (Phi) is 4.19. The number of halogens is 3. The lowest BCUT2D eigenvalue weighted by molar-refractivity contribution is 0.104. The molecule has 94 valence electrons. The summed E-state index contributed by atoms with van der Waals surface area (Å²) in [6.45, 7) is 0. The minimum Gasteiger partial charge on any atom is -0.494 e. The maximum absolute atomic E-state index is 13.3. The van der Waals surface area contributed by atoms with Gasteiger partial charge in [0.05, 0.1) is 15.8 Å². The predicted octanol–water partition coefficient (Wildman–Crippen LogP) is 4.65. The summed E-state index contributed by atoms with van der Waals surface area (Å²) < 4.78 is 19.8. The zero-order chi connectivity index (χ0) is 13.3. The van der Waals surface area contributed by atoms with Crippen molar-refractivity contribution in [3.8, 4) is 5.75 Å². The van der Waals surface area contributed by atoms with Crippen LogP contribution in [0.4, 0.5) is 4.39 Å². The lowest BCUT2D eigenvalue weighted by Crippen LogP contribution is -2.00. The summed E-state index contributed by atoms with van der Waals surface area (Å²) in [6, 6.07) is 5.80. The van der Waals surface area contributed by atoms with E-state index in [4.69, 9.17) is 4.74 Å². The lowest BCUT2D eigenvalue weighted by Gasteiger charge is -2.03. The van der Waals surface area contributed by atoms with Gasteiger partial charge in [0.25, 0.3) is 0 Å². The molecule has 0 saturated carbocycles. The number of carbonyl (C=O) groups is 1. The molecule has 1 aromatic heterocycles. The van der Waals surface area contributed by atoms with Crippen molar-refractivity contribution in [1.29, 1.82) is 0 Å². The van der Waals surface area contributed by atoms with Gasteiger partial charge in [0.2, 0.25) is 5.78 Å². The summed E-state index contributed by atoms with van der Waals surface area (Å²) in [5.74, 6) is -0.581. The lowest BCUT2D eigenvalue weighted by atomic mass is 10.1. The molecule has 2 rings (SSSR count). The summed E-state index contributed by atoms with van der Waals surface area (Å²) in [5.41, 5.74) is 0.398. The van der Waals surface area contributed by atoms with Crippen LogP contribution in [0, 0.1) is 5.82 Å². The van der Waals surface area contributed by atoms with Gasteiger partial charge in [0, 0.05) is 10.0 Å². The molecule has 0 saturated heterocycles. The van der Waals surface area contributed by atoms with Gasteiger partial charge in [-0.1, -0.05) is 0 Å². The van der Waals surface area contributed by atoms with Crippen LogP contribution in [0.25, 0.3) is 0 Å². The molecule has 0 fully saturated rings. The fraction of sp³-hybridized carbons (Fsp3) is 0.0833. The van der Waals surface area contributed by atoms with Crippen LogP contribution in [0.1, 0.15) is 15.2 Å². The van der Waals surface area contributed by atoms with Gasteiger partial charge < -0.3 is 4.74 Å². The Hall–Kier alpha value is -0.720. The molecule has 2 nitrogen and oxygen atoms in total. The van der Waals surface area contributed by atoms with E-state index in [1.54, 1.807) is 6.07 Å². The van der Waals surface area contributed by atoms with Gasteiger partial charge in [-0.05, 0) is 56.1 Å². The van der Waals surface area contributed by atoms with E-state index in [0.29, 0.717) is 10.4 Å². The molecule has 0 amide bonds. The standard InChI is InChI=1S/C12H7Br2FO2S/c1-17-9-4-6(2-3-8(9)15)11(16)10-5-7(13)12(14)18-10/h2-5H,1H3. The summed E-state index contributed by atoms with van der Waals surface area (Å²) in [7, 11) is 1.37. The highest BCUT2D eigenvalue weighted by atomic mass is 79.9. The number of ketones is 1. The molecule has 1 heterocycles. The molecule has 0 aliphatic heterocycles. The number of ether oxygens (including phenoxy) is 1. The number of benzene rings is 1. The van der Waals surface area contributed by atoms with Crippen molar-refractivity contribution < 1.29 is 13.9 Å². The summed E-state index contributed by atoms with van der Waals surface area (Å²) in [4.78, 5) is 12.8. The van der Waals surface area contributed by atoms with Gasteiger partial charge in [-0.25, -0.2) is 4.39 Å². The Balaban J connectivity index is 2.39. The molecular formula is C12H7Br2FO2S. The van der Waals surface area contributed by atoms with Gasteiger partial charge in [-0.15, -0.1) is 11.3 Å². The molecule has 0 spiro atoms. The Morgan fingerprint density at radius 3 is 2.61 bits per heavy atom. The van der Waals surface area contributed by atoms with Gasteiger partial charge in [0.1, 0.15) is 0 Å². The molecule has 0 aliphatic rings. The highest BCUT2D eigenvalue weighted by molar-refractivity contribution is 9.13. The second-order valence-corrected chi connectivity index (χ2v) is 6.64. The first kappa shape index (κ1) is 13.7. The Bertz CT molecular complexity index is 591. The van der Waals surface area contributed by atoms with E-state index in [1.165, 1.54) is 36.6 Å². The number of rotatable bonds is 3. The predicted molar refractivity (Wildman–Crippen MR) is 76.1 cm³/mol. The van der Waals surface area contributed by atoms with Crippen molar-refractivity contribution >= 4 is 49.0 Å². The zero-order valence-electron chi connectivity index (χ0n) is 9.17. The van der Waals surface area contributed by atoms with Gasteiger partial charge in [0.15, 0.2) is 11.6 Å². The van der Waals surface area contributed by atoms with Gasteiger partial charge in [-0.2, -0.15) is 0 Å². The van der Waals surface area contributed by atoms with Gasteiger partial charge in [-0.3, -0.25) is 4.79 Å². The maximum Gasteiger partial charge on any atom is 0.203 e. The number of hydrogen-bond acceptors (Lipinski definition) is 3. The van der Waals surface area contributed by atoms with E-state index in [0.717, 1.165) is 8.26 Å². The smallest absolute Gasteiger partial charge is 0.203 e. The molecular weight excluding hydrogens is 387 g/mol. The third kappa shape index (κ3) is 2.65. The van der Waals surface area contributed by atoms with Crippen molar-refractivity contribution in [2.75, 3.05) is 7.11 Å². The van der Waals surface area contributed by atoms with E-state index in [9.17, 15) is 9.18 Å². The average molecular weight is 394 g/mol. The fourth-order valence-corrected chi connectivity index (χ4v) is 3.40. The third-order valence-corrected chi connectivity index (χ3v) is 5.54. The molecule has 0 aliphatic carbocycles. The quantitative estimate of drug-likeness (QED) is 0.709. The first-order valence-corrected chi connectivity index (χ1v) is 7.26. The van der Waals surface area contributed by atoms with Crippen LogP contribution in [0.5, 0.6) is 5.75 Å². The van der Waals surface area contributed by atoms with Crippen LogP contribution in [0.2, 0.25) is 0 Å². The zero-order valence-corrected chi connectivity index (χ0v) is 13.2. The molecule has 0 atom stereocenters. The highest BCUT2D eigenvalue weighted by Gasteiger charge is 2.16.